The number of benzene rings is 2. The molecule has 0 unspecified atom stereocenters. The molecule has 1 heterocycles. The molecular weight excluding hydrogens is 390 g/mol. The van der Waals surface area contributed by atoms with Crippen LogP contribution in [0.5, 0.6) is 0 Å². The van der Waals surface area contributed by atoms with Gasteiger partial charge in [-0.25, -0.2) is 8.42 Å². The minimum Gasteiger partial charge on any atom is -0.349 e. The molecule has 0 bridgehead atoms. The van der Waals surface area contributed by atoms with Gasteiger partial charge in [-0.05, 0) is 54.8 Å². The lowest BCUT2D eigenvalue weighted by Crippen LogP contribution is -2.40. The van der Waals surface area contributed by atoms with E-state index in [0.29, 0.717) is 18.4 Å². The van der Waals surface area contributed by atoms with Crippen LogP contribution in [-0.2, 0) is 15.6 Å². The van der Waals surface area contributed by atoms with Crippen molar-refractivity contribution in [1.29, 1.82) is 0 Å². The molecule has 1 amide bonds. The normalized spacial score (nSPS) is 17.0. The number of carbonyl (C=O) groups is 1. The summed E-state index contributed by atoms with van der Waals surface area (Å²) in [7, 11) is -2.91. The van der Waals surface area contributed by atoms with Crippen LogP contribution >= 0.6 is 23.4 Å². The lowest BCUT2D eigenvalue weighted by atomic mass is 10.1. The Morgan fingerprint density at radius 1 is 1.04 bits per heavy atom. The molecule has 0 atom stereocenters. The smallest absolute Gasteiger partial charge is 0.251 e. The first-order valence-electron chi connectivity index (χ1n) is 8.40. The number of nitrogens with one attached hydrogen (secondary N) is 1. The monoisotopic (exact) mass is 409 g/mol. The van der Waals surface area contributed by atoms with Gasteiger partial charge in [-0.1, -0.05) is 23.7 Å². The van der Waals surface area contributed by atoms with Crippen molar-refractivity contribution < 1.29 is 13.2 Å². The van der Waals surface area contributed by atoms with E-state index in [0.717, 1.165) is 21.2 Å². The Bertz CT molecular complexity index is 851. The number of hydrogen-bond acceptors (Lipinski definition) is 4. The van der Waals surface area contributed by atoms with Crippen molar-refractivity contribution >= 4 is 39.1 Å². The van der Waals surface area contributed by atoms with E-state index in [4.69, 9.17) is 11.6 Å². The fourth-order valence-corrected chi connectivity index (χ4v) is 5.22. The molecule has 1 N–H and O–H groups in total. The quantitative estimate of drug-likeness (QED) is 0.759. The Morgan fingerprint density at radius 3 is 2.27 bits per heavy atom. The second-order valence-corrected chi connectivity index (χ2v) is 10.1. The summed E-state index contributed by atoms with van der Waals surface area (Å²) in [5.41, 5.74) is 1.73. The van der Waals surface area contributed by atoms with Crippen LogP contribution in [0.15, 0.2) is 53.4 Å². The summed E-state index contributed by atoms with van der Waals surface area (Å²) in [6, 6.07) is 15.2. The SMILES string of the molecule is O=C(NC1CCS(=O)(=O)CC1)c1ccc(CSc2ccc(Cl)cc2)cc1. The number of halogens is 1. The van der Waals surface area contributed by atoms with Crippen LogP contribution in [0.1, 0.15) is 28.8 Å². The zero-order valence-corrected chi connectivity index (χ0v) is 16.5. The van der Waals surface area contributed by atoms with Crippen molar-refractivity contribution in [2.45, 2.75) is 29.5 Å². The van der Waals surface area contributed by atoms with Gasteiger partial charge in [0.15, 0.2) is 0 Å². The van der Waals surface area contributed by atoms with E-state index in [2.05, 4.69) is 5.32 Å². The van der Waals surface area contributed by atoms with Crippen molar-refractivity contribution in [3.05, 3.63) is 64.7 Å². The molecule has 0 saturated carbocycles. The maximum absolute atomic E-state index is 12.3. The van der Waals surface area contributed by atoms with E-state index in [9.17, 15) is 13.2 Å². The maximum Gasteiger partial charge on any atom is 0.251 e. The first-order chi connectivity index (χ1) is 12.4. The van der Waals surface area contributed by atoms with Crippen molar-refractivity contribution in [2.75, 3.05) is 11.5 Å². The van der Waals surface area contributed by atoms with Gasteiger partial charge < -0.3 is 5.32 Å². The second kappa shape index (κ2) is 8.46. The summed E-state index contributed by atoms with van der Waals surface area (Å²) in [5.74, 6) is 0.966. The van der Waals surface area contributed by atoms with Crippen molar-refractivity contribution in [3.63, 3.8) is 0 Å². The minimum atomic E-state index is -2.91. The van der Waals surface area contributed by atoms with Crippen molar-refractivity contribution in [2.24, 2.45) is 0 Å². The Morgan fingerprint density at radius 2 is 1.65 bits per heavy atom. The van der Waals surface area contributed by atoms with Crippen molar-refractivity contribution in [3.8, 4) is 0 Å². The van der Waals surface area contributed by atoms with Gasteiger partial charge in [0.25, 0.3) is 5.91 Å². The van der Waals surface area contributed by atoms with Crippen LogP contribution in [0.4, 0.5) is 0 Å². The number of thioether (sulfide) groups is 1. The molecule has 2 aromatic carbocycles. The molecule has 26 heavy (non-hydrogen) atoms. The van der Waals surface area contributed by atoms with Crippen LogP contribution in [0.3, 0.4) is 0 Å². The summed E-state index contributed by atoms with van der Waals surface area (Å²) >= 11 is 7.59. The largest absolute Gasteiger partial charge is 0.349 e. The third kappa shape index (κ3) is 5.50. The average Bonchev–Trinajstić information content (AvgIpc) is 2.63. The molecule has 2 aromatic rings. The predicted octanol–water partition coefficient (Wildman–Crippen LogP) is 3.94. The van der Waals surface area contributed by atoms with E-state index in [1.807, 2.05) is 48.5 Å². The average molecular weight is 410 g/mol. The van der Waals surface area contributed by atoms with Crippen LogP contribution in [-0.4, -0.2) is 31.9 Å². The molecule has 1 saturated heterocycles. The van der Waals surface area contributed by atoms with Gasteiger partial charge in [0.1, 0.15) is 9.84 Å². The van der Waals surface area contributed by atoms with Gasteiger partial charge in [0.05, 0.1) is 11.5 Å². The summed E-state index contributed by atoms with van der Waals surface area (Å²) in [4.78, 5) is 13.5. The molecule has 0 aromatic heterocycles. The zero-order valence-electron chi connectivity index (χ0n) is 14.2. The zero-order chi connectivity index (χ0) is 18.6. The van der Waals surface area contributed by atoms with Gasteiger partial charge >= 0.3 is 0 Å². The highest BCUT2D eigenvalue weighted by Crippen LogP contribution is 2.24. The number of rotatable bonds is 5. The molecule has 1 aliphatic rings. The molecule has 138 valence electrons. The molecule has 4 nitrogen and oxygen atoms in total. The molecule has 0 spiro atoms. The van der Waals surface area contributed by atoms with Crippen LogP contribution in [0, 0.1) is 0 Å². The predicted molar refractivity (Wildman–Crippen MR) is 107 cm³/mol. The molecule has 3 rings (SSSR count). The highest BCUT2D eigenvalue weighted by atomic mass is 35.5. The second-order valence-electron chi connectivity index (χ2n) is 6.34. The Hall–Kier alpha value is -1.50. The molecule has 0 radical (unpaired) electrons. The van der Waals surface area contributed by atoms with Gasteiger partial charge in [0, 0.05) is 27.3 Å². The molecule has 1 fully saturated rings. The van der Waals surface area contributed by atoms with E-state index in [-0.39, 0.29) is 23.5 Å². The van der Waals surface area contributed by atoms with E-state index in [1.54, 1.807) is 11.8 Å². The highest BCUT2D eigenvalue weighted by Gasteiger charge is 2.24. The first-order valence-corrected chi connectivity index (χ1v) is 11.6. The van der Waals surface area contributed by atoms with E-state index >= 15 is 0 Å². The van der Waals surface area contributed by atoms with Gasteiger partial charge in [0.2, 0.25) is 0 Å². The first kappa shape index (κ1) is 19.3. The number of hydrogen-bond donors (Lipinski definition) is 1. The highest BCUT2D eigenvalue weighted by molar-refractivity contribution is 7.98. The third-order valence-electron chi connectivity index (χ3n) is 4.33. The summed E-state index contributed by atoms with van der Waals surface area (Å²) in [5, 5.41) is 3.66. The Balaban J connectivity index is 1.52. The van der Waals surface area contributed by atoms with Crippen LogP contribution in [0.2, 0.25) is 5.02 Å². The van der Waals surface area contributed by atoms with Gasteiger partial charge in [-0.3, -0.25) is 4.79 Å². The van der Waals surface area contributed by atoms with E-state index < -0.39 is 9.84 Å². The van der Waals surface area contributed by atoms with Crippen molar-refractivity contribution in [1.82, 2.24) is 5.32 Å². The van der Waals surface area contributed by atoms with Crippen LogP contribution < -0.4 is 5.32 Å². The lowest BCUT2D eigenvalue weighted by molar-refractivity contribution is 0.0934. The van der Waals surface area contributed by atoms with Gasteiger partial charge in [-0.15, -0.1) is 11.8 Å². The number of carbonyl (C=O) groups excluding carboxylic acids is 1. The molecular formula is C19H20ClNO3S2. The topological polar surface area (TPSA) is 63.2 Å². The standard InChI is InChI=1S/C19H20ClNO3S2/c20-16-5-7-18(8-6-16)25-13-14-1-3-15(4-2-14)19(22)21-17-9-11-26(23,24)12-10-17/h1-8,17H,9-13H2,(H,21,22). The Kier molecular flexibility index (Phi) is 6.27. The maximum atomic E-state index is 12.3. The molecule has 0 aliphatic carbocycles. The minimum absolute atomic E-state index is 0.0637. The fraction of sp³-hybridized carbons (Fsp3) is 0.316. The van der Waals surface area contributed by atoms with Crippen LogP contribution in [0.25, 0.3) is 0 Å². The fourth-order valence-electron chi connectivity index (χ4n) is 2.75. The number of amides is 1. The van der Waals surface area contributed by atoms with E-state index in [1.165, 1.54) is 0 Å². The molecule has 1 aliphatic heterocycles. The third-order valence-corrected chi connectivity index (χ3v) is 7.38. The van der Waals surface area contributed by atoms with Gasteiger partial charge in [-0.2, -0.15) is 0 Å². The lowest BCUT2D eigenvalue weighted by Gasteiger charge is -2.23. The summed E-state index contributed by atoms with van der Waals surface area (Å²) < 4.78 is 22.9. The number of sulfone groups is 1. The summed E-state index contributed by atoms with van der Waals surface area (Å²) in [6.07, 6.45) is 0.980. The molecule has 7 heteroatoms. The Labute approximate surface area is 163 Å². The summed E-state index contributed by atoms with van der Waals surface area (Å²) in [6.45, 7) is 0.